The predicted molar refractivity (Wildman–Crippen MR) is 65.2 cm³/mol. The molecule has 0 aliphatic heterocycles. The number of rotatable bonds is 5. The van der Waals surface area contributed by atoms with E-state index >= 15 is 0 Å². The average Bonchev–Trinajstić information content (AvgIpc) is 3.04. The third-order valence-electron chi connectivity index (χ3n) is 3.00. The van der Waals surface area contributed by atoms with Gasteiger partial charge in [-0.25, -0.2) is 0 Å². The van der Waals surface area contributed by atoms with Crippen LogP contribution in [0.1, 0.15) is 32.3 Å². The Morgan fingerprint density at radius 2 is 2.06 bits per heavy atom. The van der Waals surface area contributed by atoms with E-state index in [4.69, 9.17) is 9.84 Å². The van der Waals surface area contributed by atoms with Gasteiger partial charge in [0.2, 0.25) is 0 Å². The summed E-state index contributed by atoms with van der Waals surface area (Å²) in [6.07, 6.45) is 3.04. The molecule has 0 bridgehead atoms. The van der Waals surface area contributed by atoms with Gasteiger partial charge in [0.05, 0.1) is 11.5 Å². The summed E-state index contributed by atoms with van der Waals surface area (Å²) < 4.78 is 5.79. The summed E-state index contributed by atoms with van der Waals surface area (Å²) in [5.74, 6) is 0.0584. The molecule has 2 rings (SSSR count). The van der Waals surface area contributed by atoms with Gasteiger partial charge in [0, 0.05) is 0 Å². The van der Waals surface area contributed by atoms with Crippen molar-refractivity contribution in [2.24, 2.45) is 5.41 Å². The Kier molecular flexibility index (Phi) is 3.09. The van der Waals surface area contributed by atoms with Crippen molar-refractivity contribution in [3.63, 3.8) is 0 Å². The summed E-state index contributed by atoms with van der Waals surface area (Å²) in [4.78, 5) is 11.1. The highest BCUT2D eigenvalue weighted by atomic mass is 16.5. The molecule has 0 amide bonds. The highest BCUT2D eigenvalue weighted by Crippen LogP contribution is 2.32. The number of benzene rings is 1. The molecule has 0 unspecified atom stereocenters. The van der Waals surface area contributed by atoms with E-state index in [9.17, 15) is 4.79 Å². The van der Waals surface area contributed by atoms with E-state index in [1.54, 1.807) is 13.8 Å². The topological polar surface area (TPSA) is 46.5 Å². The van der Waals surface area contributed by atoms with Crippen LogP contribution in [0, 0.1) is 5.41 Å². The van der Waals surface area contributed by atoms with Crippen LogP contribution in [0.2, 0.25) is 0 Å². The maximum atomic E-state index is 11.1. The van der Waals surface area contributed by atoms with Gasteiger partial charge in [0.25, 0.3) is 0 Å². The summed E-state index contributed by atoms with van der Waals surface area (Å²) in [7, 11) is 0. The first-order valence-electron chi connectivity index (χ1n) is 5.97. The van der Waals surface area contributed by atoms with Crippen molar-refractivity contribution in [1.82, 2.24) is 0 Å². The number of para-hydroxylation sites is 1. The smallest absolute Gasteiger partial charge is 0.309 e. The van der Waals surface area contributed by atoms with Gasteiger partial charge in [-0.2, -0.15) is 0 Å². The fraction of sp³-hybridized carbons (Fsp3) is 0.500. The molecular weight excluding hydrogens is 216 g/mol. The molecule has 1 saturated carbocycles. The van der Waals surface area contributed by atoms with Crippen molar-refractivity contribution < 1.29 is 14.6 Å². The van der Waals surface area contributed by atoms with Gasteiger partial charge in [0.15, 0.2) is 0 Å². The zero-order chi connectivity index (χ0) is 12.5. The van der Waals surface area contributed by atoms with Gasteiger partial charge in [0.1, 0.15) is 5.75 Å². The normalized spacial score (nSPS) is 15.6. The van der Waals surface area contributed by atoms with E-state index < -0.39 is 11.4 Å². The van der Waals surface area contributed by atoms with Crippen LogP contribution in [0.25, 0.3) is 0 Å². The van der Waals surface area contributed by atoms with Crippen molar-refractivity contribution in [3.05, 3.63) is 29.8 Å². The summed E-state index contributed by atoms with van der Waals surface area (Å²) in [6.45, 7) is 3.48. The molecule has 1 aliphatic carbocycles. The molecule has 0 radical (unpaired) electrons. The highest BCUT2D eigenvalue weighted by Gasteiger charge is 2.30. The summed E-state index contributed by atoms with van der Waals surface area (Å²) >= 11 is 0. The zero-order valence-corrected chi connectivity index (χ0v) is 10.3. The minimum Gasteiger partial charge on any atom is -0.490 e. The molecule has 0 spiro atoms. The van der Waals surface area contributed by atoms with Crippen molar-refractivity contribution in [1.29, 1.82) is 0 Å². The molecule has 0 atom stereocenters. The van der Waals surface area contributed by atoms with Crippen molar-refractivity contribution in [2.75, 3.05) is 0 Å². The van der Waals surface area contributed by atoms with E-state index in [-0.39, 0.29) is 0 Å². The predicted octanol–water partition coefficient (Wildman–Crippen LogP) is 2.88. The molecule has 17 heavy (non-hydrogen) atoms. The fourth-order valence-corrected chi connectivity index (χ4v) is 1.68. The van der Waals surface area contributed by atoms with Gasteiger partial charge in [-0.05, 0) is 44.7 Å². The molecule has 92 valence electrons. The van der Waals surface area contributed by atoms with Crippen molar-refractivity contribution >= 4 is 5.97 Å². The number of ether oxygens (including phenoxy) is 1. The lowest BCUT2D eigenvalue weighted by Gasteiger charge is -2.20. The molecule has 1 aliphatic rings. The maximum absolute atomic E-state index is 11.1. The SMILES string of the molecule is CC(C)(Cc1ccccc1OC1CC1)C(=O)O. The van der Waals surface area contributed by atoms with E-state index in [2.05, 4.69) is 0 Å². The standard InChI is InChI=1S/C14H18O3/c1-14(2,13(15)16)9-10-5-3-4-6-12(10)17-11-7-8-11/h3-6,11H,7-9H2,1-2H3,(H,15,16). The summed E-state index contributed by atoms with van der Waals surface area (Å²) in [6, 6.07) is 7.72. The first kappa shape index (κ1) is 12.0. The molecule has 0 aromatic heterocycles. The van der Waals surface area contributed by atoms with Crippen molar-refractivity contribution in [2.45, 2.75) is 39.2 Å². The lowest BCUT2D eigenvalue weighted by Crippen LogP contribution is -2.26. The minimum atomic E-state index is -0.779. The van der Waals surface area contributed by atoms with E-state index in [0.29, 0.717) is 12.5 Å². The Labute approximate surface area is 101 Å². The molecule has 0 heterocycles. The lowest BCUT2D eigenvalue weighted by molar-refractivity contribution is -0.146. The second-order valence-corrected chi connectivity index (χ2v) is 5.29. The third-order valence-corrected chi connectivity index (χ3v) is 3.00. The van der Waals surface area contributed by atoms with Crippen molar-refractivity contribution in [3.8, 4) is 5.75 Å². The zero-order valence-electron chi connectivity index (χ0n) is 10.3. The molecule has 3 heteroatoms. The monoisotopic (exact) mass is 234 g/mol. The third kappa shape index (κ3) is 2.99. The second kappa shape index (κ2) is 4.40. The Morgan fingerprint density at radius 3 is 2.65 bits per heavy atom. The van der Waals surface area contributed by atoms with Crippen LogP contribution in [0.3, 0.4) is 0 Å². The molecule has 3 nitrogen and oxygen atoms in total. The van der Waals surface area contributed by atoms with Crippen LogP contribution in [0.5, 0.6) is 5.75 Å². The fourth-order valence-electron chi connectivity index (χ4n) is 1.68. The van der Waals surface area contributed by atoms with Crippen LogP contribution >= 0.6 is 0 Å². The maximum Gasteiger partial charge on any atom is 0.309 e. The van der Waals surface area contributed by atoms with Gasteiger partial charge in [-0.3, -0.25) is 4.79 Å². The highest BCUT2D eigenvalue weighted by molar-refractivity contribution is 5.74. The van der Waals surface area contributed by atoms with E-state index in [1.807, 2.05) is 24.3 Å². The largest absolute Gasteiger partial charge is 0.490 e. The summed E-state index contributed by atoms with van der Waals surface area (Å²) in [5.41, 5.74) is 0.218. The number of hydrogen-bond acceptors (Lipinski definition) is 2. The second-order valence-electron chi connectivity index (χ2n) is 5.29. The lowest BCUT2D eigenvalue weighted by atomic mass is 9.85. The van der Waals surface area contributed by atoms with Gasteiger partial charge in [-0.15, -0.1) is 0 Å². The molecule has 1 fully saturated rings. The molecule has 1 aromatic rings. The molecule has 0 saturated heterocycles. The number of hydrogen-bond donors (Lipinski definition) is 1. The van der Waals surface area contributed by atoms with Crippen LogP contribution < -0.4 is 4.74 Å². The Bertz CT molecular complexity index is 419. The number of carboxylic acid groups (broad SMARTS) is 1. The van der Waals surface area contributed by atoms with Gasteiger partial charge >= 0.3 is 5.97 Å². The average molecular weight is 234 g/mol. The van der Waals surface area contributed by atoms with Crippen LogP contribution in [0.15, 0.2) is 24.3 Å². The van der Waals surface area contributed by atoms with Gasteiger partial charge < -0.3 is 9.84 Å². The van der Waals surface area contributed by atoms with Crippen LogP contribution in [0.4, 0.5) is 0 Å². The van der Waals surface area contributed by atoms with Crippen LogP contribution in [-0.2, 0) is 11.2 Å². The Hall–Kier alpha value is -1.51. The summed E-state index contributed by atoms with van der Waals surface area (Å²) in [5, 5.41) is 9.15. The minimum absolute atomic E-state index is 0.337. The van der Waals surface area contributed by atoms with Gasteiger partial charge in [-0.1, -0.05) is 18.2 Å². The number of aliphatic carboxylic acids is 1. The Morgan fingerprint density at radius 1 is 1.41 bits per heavy atom. The van der Waals surface area contributed by atoms with E-state index in [0.717, 1.165) is 24.2 Å². The molecule has 1 aromatic carbocycles. The Balaban J connectivity index is 2.16. The quantitative estimate of drug-likeness (QED) is 0.852. The first-order valence-corrected chi connectivity index (χ1v) is 5.97. The molecule has 1 N–H and O–H groups in total. The number of carboxylic acids is 1. The first-order chi connectivity index (χ1) is 7.99. The van der Waals surface area contributed by atoms with Crippen LogP contribution in [-0.4, -0.2) is 17.2 Å². The van der Waals surface area contributed by atoms with E-state index in [1.165, 1.54) is 0 Å². The molecular formula is C14H18O3. The number of carbonyl (C=O) groups is 1.